The van der Waals surface area contributed by atoms with E-state index in [4.69, 9.17) is 9.84 Å². The lowest BCUT2D eigenvalue weighted by atomic mass is 10.0. The largest absolute Gasteiger partial charge is 0.450 e. The summed E-state index contributed by atoms with van der Waals surface area (Å²) in [5.74, 6) is 0.515. The lowest BCUT2D eigenvalue weighted by Gasteiger charge is -2.07. The first-order valence-corrected chi connectivity index (χ1v) is 9.20. The van der Waals surface area contributed by atoms with Gasteiger partial charge in [0.15, 0.2) is 0 Å². The van der Waals surface area contributed by atoms with Gasteiger partial charge in [0.1, 0.15) is 17.3 Å². The van der Waals surface area contributed by atoms with E-state index in [1.807, 2.05) is 16.9 Å². The summed E-state index contributed by atoms with van der Waals surface area (Å²) in [6.45, 7) is 7.01. The van der Waals surface area contributed by atoms with E-state index in [9.17, 15) is 9.18 Å². The van der Waals surface area contributed by atoms with Crippen molar-refractivity contribution in [3.63, 3.8) is 0 Å². The molecule has 146 valence electrons. The van der Waals surface area contributed by atoms with Gasteiger partial charge in [-0.15, -0.1) is 0 Å². The van der Waals surface area contributed by atoms with Crippen molar-refractivity contribution in [2.24, 2.45) is 5.92 Å². The van der Waals surface area contributed by atoms with Crippen LogP contribution in [0.25, 0.3) is 22.4 Å². The van der Waals surface area contributed by atoms with E-state index in [1.165, 1.54) is 12.1 Å². The summed E-state index contributed by atoms with van der Waals surface area (Å²) in [6.07, 6.45) is 3.02. The van der Waals surface area contributed by atoms with Crippen LogP contribution in [0.4, 0.5) is 15.0 Å². The number of benzene rings is 1. The molecule has 0 aliphatic heterocycles. The molecule has 0 unspecified atom stereocenters. The number of hydrogen-bond acceptors (Lipinski definition) is 4. The monoisotopic (exact) mass is 382 g/mol. The second kappa shape index (κ2) is 8.65. The summed E-state index contributed by atoms with van der Waals surface area (Å²) in [5, 5.41) is 7.32. The molecule has 0 fully saturated rings. The molecule has 2 heterocycles. The number of carbonyl (C=O) groups is 1. The summed E-state index contributed by atoms with van der Waals surface area (Å²) in [6, 6.07) is 9.86. The van der Waals surface area contributed by atoms with Crippen molar-refractivity contribution in [1.29, 1.82) is 0 Å². The molecule has 0 spiro atoms. The molecular weight excluding hydrogens is 359 g/mol. The minimum atomic E-state index is -0.554. The van der Waals surface area contributed by atoms with E-state index >= 15 is 0 Å². The number of pyridine rings is 1. The Morgan fingerprint density at radius 2 is 1.96 bits per heavy atom. The quantitative estimate of drug-likeness (QED) is 0.653. The molecule has 0 radical (unpaired) electrons. The van der Waals surface area contributed by atoms with E-state index in [0.717, 1.165) is 28.9 Å². The lowest BCUT2D eigenvalue weighted by Crippen LogP contribution is -2.14. The summed E-state index contributed by atoms with van der Waals surface area (Å²) in [4.78, 5) is 15.8. The van der Waals surface area contributed by atoms with Crippen molar-refractivity contribution in [3.05, 3.63) is 54.6 Å². The highest BCUT2D eigenvalue weighted by Crippen LogP contribution is 2.32. The van der Waals surface area contributed by atoms with Gasteiger partial charge in [-0.05, 0) is 54.8 Å². The Bertz CT molecular complexity index is 951. The summed E-state index contributed by atoms with van der Waals surface area (Å²) < 4.78 is 20.1. The Morgan fingerprint density at radius 1 is 1.21 bits per heavy atom. The SMILES string of the molecule is CCOC(=O)Nc1cc(-c2cn(CC(C)C)nc2-c2ccc(F)cc2)ccn1. The molecule has 1 aromatic carbocycles. The third kappa shape index (κ3) is 4.73. The van der Waals surface area contributed by atoms with E-state index in [-0.39, 0.29) is 12.4 Å². The number of ether oxygens (including phenoxy) is 1. The zero-order chi connectivity index (χ0) is 20.1. The fourth-order valence-corrected chi connectivity index (χ4v) is 2.86. The van der Waals surface area contributed by atoms with E-state index in [1.54, 1.807) is 31.3 Å². The average molecular weight is 382 g/mol. The Hall–Kier alpha value is -3.22. The molecule has 0 saturated heterocycles. The molecule has 0 saturated carbocycles. The first-order valence-electron chi connectivity index (χ1n) is 9.20. The van der Waals surface area contributed by atoms with Gasteiger partial charge < -0.3 is 4.74 Å². The zero-order valence-corrected chi connectivity index (χ0v) is 16.1. The van der Waals surface area contributed by atoms with Crippen LogP contribution in [0, 0.1) is 11.7 Å². The van der Waals surface area contributed by atoms with Gasteiger partial charge in [0.2, 0.25) is 0 Å². The van der Waals surface area contributed by atoms with Gasteiger partial charge in [-0.3, -0.25) is 10.00 Å². The van der Waals surface area contributed by atoms with Crippen LogP contribution >= 0.6 is 0 Å². The summed E-state index contributed by atoms with van der Waals surface area (Å²) >= 11 is 0. The molecule has 1 amide bonds. The predicted octanol–water partition coefficient (Wildman–Crippen LogP) is 4.98. The van der Waals surface area contributed by atoms with Crippen LogP contribution in [0.5, 0.6) is 0 Å². The molecule has 3 aromatic rings. The number of nitrogens with zero attached hydrogens (tertiary/aromatic N) is 3. The third-order valence-corrected chi connectivity index (χ3v) is 4.01. The molecule has 2 aromatic heterocycles. The average Bonchev–Trinajstić information content (AvgIpc) is 3.06. The molecule has 28 heavy (non-hydrogen) atoms. The van der Waals surface area contributed by atoms with E-state index < -0.39 is 6.09 Å². The molecule has 6 nitrogen and oxygen atoms in total. The maximum atomic E-state index is 13.4. The van der Waals surface area contributed by atoms with Crippen molar-refractivity contribution in [3.8, 4) is 22.4 Å². The molecule has 0 atom stereocenters. The van der Waals surface area contributed by atoms with Gasteiger partial charge in [0, 0.05) is 30.1 Å². The van der Waals surface area contributed by atoms with Crippen LogP contribution < -0.4 is 5.32 Å². The smallest absolute Gasteiger partial charge is 0.412 e. The Labute approximate surface area is 163 Å². The maximum Gasteiger partial charge on any atom is 0.412 e. The molecule has 1 N–H and O–H groups in total. The van der Waals surface area contributed by atoms with Crippen LogP contribution in [0.1, 0.15) is 20.8 Å². The molecule has 0 aliphatic carbocycles. The molecule has 3 rings (SSSR count). The molecular formula is C21H23FN4O2. The van der Waals surface area contributed by atoms with Crippen LogP contribution in [-0.4, -0.2) is 27.5 Å². The highest BCUT2D eigenvalue weighted by molar-refractivity contribution is 5.86. The molecule has 0 bridgehead atoms. The van der Waals surface area contributed by atoms with Crippen LogP contribution in [0.3, 0.4) is 0 Å². The number of halogens is 1. The van der Waals surface area contributed by atoms with Gasteiger partial charge in [0.05, 0.1) is 6.61 Å². The Morgan fingerprint density at radius 3 is 2.64 bits per heavy atom. The number of nitrogens with one attached hydrogen (secondary N) is 1. The summed E-state index contributed by atoms with van der Waals surface area (Å²) in [7, 11) is 0. The molecule has 0 aliphatic rings. The topological polar surface area (TPSA) is 69.0 Å². The lowest BCUT2D eigenvalue weighted by molar-refractivity contribution is 0.168. The van der Waals surface area contributed by atoms with Gasteiger partial charge in [-0.2, -0.15) is 5.10 Å². The fraction of sp³-hybridized carbons (Fsp3) is 0.286. The third-order valence-electron chi connectivity index (χ3n) is 4.01. The Balaban J connectivity index is 2.01. The van der Waals surface area contributed by atoms with E-state index in [2.05, 4.69) is 24.1 Å². The number of anilines is 1. The molecule has 7 heteroatoms. The van der Waals surface area contributed by atoms with E-state index in [0.29, 0.717) is 11.7 Å². The van der Waals surface area contributed by atoms with Crippen LogP contribution in [0.2, 0.25) is 0 Å². The van der Waals surface area contributed by atoms with Crippen molar-refractivity contribution < 1.29 is 13.9 Å². The zero-order valence-electron chi connectivity index (χ0n) is 16.1. The number of hydrogen-bond donors (Lipinski definition) is 1. The maximum absolute atomic E-state index is 13.4. The predicted molar refractivity (Wildman–Crippen MR) is 106 cm³/mol. The van der Waals surface area contributed by atoms with Crippen molar-refractivity contribution >= 4 is 11.9 Å². The van der Waals surface area contributed by atoms with Crippen molar-refractivity contribution in [2.45, 2.75) is 27.3 Å². The van der Waals surface area contributed by atoms with Crippen molar-refractivity contribution in [1.82, 2.24) is 14.8 Å². The number of amides is 1. The normalized spacial score (nSPS) is 10.9. The Kier molecular flexibility index (Phi) is 6.03. The number of rotatable bonds is 6. The highest BCUT2D eigenvalue weighted by atomic mass is 19.1. The second-order valence-electron chi connectivity index (χ2n) is 6.79. The minimum Gasteiger partial charge on any atom is -0.450 e. The first-order chi connectivity index (χ1) is 13.5. The first kappa shape index (κ1) is 19.5. The van der Waals surface area contributed by atoms with Gasteiger partial charge in [-0.1, -0.05) is 13.8 Å². The van der Waals surface area contributed by atoms with Crippen LogP contribution in [0.15, 0.2) is 48.8 Å². The van der Waals surface area contributed by atoms with Gasteiger partial charge in [0.25, 0.3) is 0 Å². The fourth-order valence-electron chi connectivity index (χ4n) is 2.86. The van der Waals surface area contributed by atoms with Gasteiger partial charge >= 0.3 is 6.09 Å². The highest BCUT2D eigenvalue weighted by Gasteiger charge is 2.15. The standard InChI is InChI=1S/C21H23FN4O2/c1-4-28-21(27)24-19-11-16(9-10-23-19)18-13-26(12-14(2)3)25-20(18)15-5-7-17(22)8-6-15/h5-11,13-14H,4,12H2,1-3H3,(H,23,24,27). The minimum absolute atomic E-state index is 0.280. The van der Waals surface area contributed by atoms with Gasteiger partial charge in [-0.25, -0.2) is 14.2 Å². The number of aromatic nitrogens is 3. The second-order valence-corrected chi connectivity index (χ2v) is 6.79. The number of carbonyl (C=O) groups excluding carboxylic acids is 1. The van der Waals surface area contributed by atoms with Crippen molar-refractivity contribution in [2.75, 3.05) is 11.9 Å². The summed E-state index contributed by atoms with van der Waals surface area (Å²) in [5.41, 5.74) is 3.28. The van der Waals surface area contributed by atoms with Crippen LogP contribution in [-0.2, 0) is 11.3 Å².